The van der Waals surface area contributed by atoms with E-state index in [9.17, 15) is 9.59 Å². The first kappa shape index (κ1) is 14.6. The number of ether oxygens (including phenoxy) is 1. The molecular formula is C15H17N3O3. The maximum Gasteiger partial charge on any atom is 0.251 e. The minimum atomic E-state index is -0.308. The lowest BCUT2D eigenvalue weighted by Gasteiger charge is -2.09. The van der Waals surface area contributed by atoms with E-state index in [1.165, 1.54) is 10.6 Å². The third-order valence-electron chi connectivity index (χ3n) is 2.93. The van der Waals surface area contributed by atoms with Crippen molar-refractivity contribution < 1.29 is 9.53 Å². The normalized spacial score (nSPS) is 10.1. The summed E-state index contributed by atoms with van der Waals surface area (Å²) in [5.74, 6) is 0.276. The number of nitrogens with one attached hydrogen (secondary N) is 1. The Labute approximate surface area is 122 Å². The van der Waals surface area contributed by atoms with Gasteiger partial charge >= 0.3 is 0 Å². The van der Waals surface area contributed by atoms with E-state index in [0.29, 0.717) is 30.2 Å². The van der Waals surface area contributed by atoms with E-state index in [2.05, 4.69) is 5.32 Å². The molecule has 21 heavy (non-hydrogen) atoms. The second kappa shape index (κ2) is 6.60. The van der Waals surface area contributed by atoms with Gasteiger partial charge in [-0.1, -0.05) is 12.1 Å². The second-order valence-electron chi connectivity index (χ2n) is 4.51. The van der Waals surface area contributed by atoms with Crippen molar-refractivity contribution in [3.8, 4) is 5.75 Å². The summed E-state index contributed by atoms with van der Waals surface area (Å²) in [6, 6.07) is 10.0. The van der Waals surface area contributed by atoms with E-state index in [1.807, 2.05) is 12.1 Å². The number of carbonyl (C=O) groups excluding carboxylic acids is 1. The van der Waals surface area contributed by atoms with E-state index < -0.39 is 0 Å². The Morgan fingerprint density at radius 2 is 2.10 bits per heavy atom. The first-order valence-corrected chi connectivity index (χ1v) is 6.50. The van der Waals surface area contributed by atoms with Crippen molar-refractivity contribution in [3.63, 3.8) is 0 Å². The van der Waals surface area contributed by atoms with Crippen molar-refractivity contribution in [1.82, 2.24) is 9.88 Å². The third kappa shape index (κ3) is 3.85. The molecule has 0 bridgehead atoms. The van der Waals surface area contributed by atoms with Gasteiger partial charge in [0.1, 0.15) is 12.4 Å². The Balaban J connectivity index is 1.83. The molecule has 2 aromatic rings. The number of nitrogen functional groups attached to an aromatic ring is 1. The molecule has 0 saturated heterocycles. The van der Waals surface area contributed by atoms with Gasteiger partial charge in [0, 0.05) is 24.9 Å². The highest BCUT2D eigenvalue weighted by Gasteiger charge is 2.06. The average molecular weight is 287 g/mol. The number of amides is 1. The standard InChI is InChI=1S/C15H17N3O3/c1-18-8-6-11(10-14(18)19)15(20)17-7-9-21-13-5-3-2-4-12(13)16/h2-6,8,10H,7,9,16H2,1H3,(H,17,20). The van der Waals surface area contributed by atoms with Crippen molar-refractivity contribution in [2.45, 2.75) is 0 Å². The van der Waals surface area contributed by atoms with E-state index in [4.69, 9.17) is 10.5 Å². The highest BCUT2D eigenvalue weighted by molar-refractivity contribution is 5.93. The minimum absolute atomic E-state index is 0.226. The molecular weight excluding hydrogens is 270 g/mol. The summed E-state index contributed by atoms with van der Waals surface area (Å²) in [6.45, 7) is 0.618. The van der Waals surface area contributed by atoms with Gasteiger partial charge in [-0.3, -0.25) is 9.59 Å². The lowest BCUT2D eigenvalue weighted by Crippen LogP contribution is -2.29. The van der Waals surface area contributed by atoms with Crippen molar-refractivity contribution >= 4 is 11.6 Å². The number of hydrogen-bond acceptors (Lipinski definition) is 4. The molecule has 0 fully saturated rings. The van der Waals surface area contributed by atoms with Gasteiger partial charge in [0.15, 0.2) is 0 Å². The number of hydrogen-bond donors (Lipinski definition) is 2. The molecule has 1 aromatic carbocycles. The number of nitrogens with two attached hydrogens (primary N) is 1. The van der Waals surface area contributed by atoms with Crippen LogP contribution < -0.4 is 21.3 Å². The Morgan fingerprint density at radius 1 is 1.33 bits per heavy atom. The first-order chi connectivity index (χ1) is 10.1. The van der Waals surface area contributed by atoms with Crippen molar-refractivity contribution in [3.05, 3.63) is 58.5 Å². The van der Waals surface area contributed by atoms with Crippen LogP contribution in [0, 0.1) is 0 Å². The van der Waals surface area contributed by atoms with Gasteiger partial charge < -0.3 is 20.4 Å². The molecule has 110 valence electrons. The molecule has 1 aromatic heterocycles. The molecule has 6 nitrogen and oxygen atoms in total. The predicted molar refractivity (Wildman–Crippen MR) is 80.4 cm³/mol. The monoisotopic (exact) mass is 287 g/mol. The number of para-hydroxylation sites is 2. The summed E-state index contributed by atoms with van der Waals surface area (Å²) in [4.78, 5) is 23.3. The van der Waals surface area contributed by atoms with Gasteiger partial charge in [-0.2, -0.15) is 0 Å². The van der Waals surface area contributed by atoms with Crippen LogP contribution in [0.3, 0.4) is 0 Å². The molecule has 6 heteroatoms. The molecule has 0 aliphatic carbocycles. The van der Waals surface area contributed by atoms with Gasteiger partial charge in [-0.25, -0.2) is 0 Å². The number of pyridine rings is 1. The molecule has 1 heterocycles. The number of anilines is 1. The molecule has 0 aliphatic rings. The predicted octanol–water partition coefficient (Wildman–Crippen LogP) is 0.776. The van der Waals surface area contributed by atoms with Crippen LogP contribution in [0.15, 0.2) is 47.4 Å². The first-order valence-electron chi connectivity index (χ1n) is 6.50. The van der Waals surface area contributed by atoms with E-state index in [0.717, 1.165) is 0 Å². The molecule has 1 amide bonds. The summed E-state index contributed by atoms with van der Waals surface area (Å²) in [7, 11) is 1.63. The fourth-order valence-electron chi connectivity index (χ4n) is 1.73. The number of benzene rings is 1. The summed E-state index contributed by atoms with van der Waals surface area (Å²) >= 11 is 0. The largest absolute Gasteiger partial charge is 0.490 e. The SMILES string of the molecule is Cn1ccc(C(=O)NCCOc2ccccc2N)cc1=O. The van der Waals surface area contributed by atoms with E-state index in [-0.39, 0.29) is 11.5 Å². The summed E-state index contributed by atoms with van der Waals surface area (Å²) in [5.41, 5.74) is 6.39. The molecule has 0 radical (unpaired) electrons. The quantitative estimate of drug-likeness (QED) is 0.628. The third-order valence-corrected chi connectivity index (χ3v) is 2.93. The molecule has 0 atom stereocenters. The van der Waals surface area contributed by atoms with Gasteiger partial charge in [-0.05, 0) is 18.2 Å². The number of carbonyl (C=O) groups is 1. The van der Waals surface area contributed by atoms with Crippen LogP contribution in [0.25, 0.3) is 0 Å². The molecule has 3 N–H and O–H groups in total. The summed E-state index contributed by atoms with van der Waals surface area (Å²) in [6.07, 6.45) is 1.55. The number of nitrogens with zero attached hydrogens (tertiary/aromatic N) is 1. The topological polar surface area (TPSA) is 86.3 Å². The molecule has 0 unspecified atom stereocenters. The lowest BCUT2D eigenvalue weighted by molar-refractivity contribution is 0.0947. The Morgan fingerprint density at radius 3 is 2.81 bits per heavy atom. The Bertz CT molecular complexity index is 695. The van der Waals surface area contributed by atoms with Crippen LogP contribution in [-0.4, -0.2) is 23.6 Å². The van der Waals surface area contributed by atoms with Gasteiger partial charge in [0.05, 0.1) is 12.2 Å². The minimum Gasteiger partial charge on any atom is -0.490 e. The average Bonchev–Trinajstić information content (AvgIpc) is 2.48. The molecule has 0 aliphatic heterocycles. The number of rotatable bonds is 5. The molecule has 2 rings (SSSR count). The zero-order valence-corrected chi connectivity index (χ0v) is 11.7. The van der Waals surface area contributed by atoms with Crippen LogP contribution >= 0.6 is 0 Å². The number of aromatic nitrogens is 1. The van der Waals surface area contributed by atoms with Crippen LogP contribution in [0.2, 0.25) is 0 Å². The molecule has 0 saturated carbocycles. The number of aryl methyl sites for hydroxylation is 1. The van der Waals surface area contributed by atoms with Crippen LogP contribution in [0.4, 0.5) is 5.69 Å². The summed E-state index contributed by atoms with van der Waals surface area (Å²) in [5, 5.41) is 2.68. The van der Waals surface area contributed by atoms with Gasteiger partial charge in [0.25, 0.3) is 11.5 Å². The smallest absolute Gasteiger partial charge is 0.251 e. The Hall–Kier alpha value is -2.76. The van der Waals surface area contributed by atoms with Crippen molar-refractivity contribution in [2.24, 2.45) is 7.05 Å². The van der Waals surface area contributed by atoms with Gasteiger partial charge in [0.2, 0.25) is 0 Å². The Kier molecular flexibility index (Phi) is 4.61. The summed E-state index contributed by atoms with van der Waals surface area (Å²) < 4.78 is 6.86. The van der Waals surface area contributed by atoms with Crippen LogP contribution in [-0.2, 0) is 7.05 Å². The van der Waals surface area contributed by atoms with E-state index in [1.54, 1.807) is 31.4 Å². The van der Waals surface area contributed by atoms with Crippen LogP contribution in [0.5, 0.6) is 5.75 Å². The zero-order valence-electron chi connectivity index (χ0n) is 11.7. The second-order valence-corrected chi connectivity index (χ2v) is 4.51. The fraction of sp³-hybridized carbons (Fsp3) is 0.200. The van der Waals surface area contributed by atoms with Crippen molar-refractivity contribution in [1.29, 1.82) is 0 Å². The maximum absolute atomic E-state index is 11.8. The fourth-order valence-corrected chi connectivity index (χ4v) is 1.73. The zero-order chi connectivity index (χ0) is 15.2. The maximum atomic E-state index is 11.8. The lowest BCUT2D eigenvalue weighted by atomic mass is 10.2. The van der Waals surface area contributed by atoms with E-state index >= 15 is 0 Å². The van der Waals surface area contributed by atoms with Gasteiger partial charge in [-0.15, -0.1) is 0 Å². The van der Waals surface area contributed by atoms with Crippen molar-refractivity contribution in [2.75, 3.05) is 18.9 Å². The highest BCUT2D eigenvalue weighted by Crippen LogP contribution is 2.19. The highest BCUT2D eigenvalue weighted by atomic mass is 16.5. The molecule has 0 spiro atoms. The van der Waals surface area contributed by atoms with Crippen LogP contribution in [0.1, 0.15) is 10.4 Å².